The van der Waals surface area contributed by atoms with E-state index in [9.17, 15) is 0 Å². The molecule has 1 unspecified atom stereocenters. The number of benzene rings is 8. The molecular weight excluding hydrogens is 733 g/mol. The summed E-state index contributed by atoms with van der Waals surface area (Å²) in [5.41, 5.74) is 15.6. The van der Waals surface area contributed by atoms with E-state index < -0.39 is 5.54 Å². The lowest BCUT2D eigenvalue weighted by molar-refractivity contribution is 0.500. The van der Waals surface area contributed by atoms with Gasteiger partial charge in [-0.3, -0.25) is 4.99 Å². The summed E-state index contributed by atoms with van der Waals surface area (Å²) in [5, 5.41) is 5.14. The van der Waals surface area contributed by atoms with Crippen molar-refractivity contribution in [1.29, 1.82) is 0 Å². The molecule has 3 heterocycles. The van der Waals surface area contributed by atoms with Crippen LogP contribution in [0.3, 0.4) is 0 Å². The van der Waals surface area contributed by atoms with Crippen LogP contribution in [0.25, 0.3) is 69.9 Å². The maximum Gasteiger partial charge on any atom is 0.0870 e. The van der Waals surface area contributed by atoms with Crippen molar-refractivity contribution >= 4 is 59.0 Å². The Morgan fingerprint density at radius 3 is 1.88 bits per heavy atom. The van der Waals surface area contributed by atoms with Gasteiger partial charge in [0, 0.05) is 47.6 Å². The molecule has 0 spiro atoms. The first-order valence-corrected chi connectivity index (χ1v) is 21.4. The van der Waals surface area contributed by atoms with E-state index in [1.165, 1.54) is 92.2 Å². The number of dihydropyridines is 1. The Morgan fingerprint density at radius 2 is 1.12 bits per heavy atom. The first-order chi connectivity index (χ1) is 29.0. The highest BCUT2D eigenvalue weighted by Gasteiger charge is 2.41. The van der Waals surface area contributed by atoms with Crippen LogP contribution < -0.4 is 0 Å². The molecule has 10 aromatic rings. The van der Waals surface area contributed by atoms with Crippen molar-refractivity contribution in [3.8, 4) is 27.9 Å². The molecule has 2 aromatic heterocycles. The SMILES string of the molecule is CC1(c2cccc(C3(C)c4ccccc4-c4ccccc43)c2)CC=CC(c2cccc(-c3cccc4c3sc3ccc(-n5c6ccccc6c6ccccc65)cc34)c2)=N1. The van der Waals surface area contributed by atoms with Crippen LogP contribution >= 0.6 is 11.3 Å². The number of nitrogens with zero attached hydrogens (tertiary/aromatic N) is 2. The average molecular weight is 773 g/mol. The van der Waals surface area contributed by atoms with E-state index in [1.807, 2.05) is 11.3 Å². The van der Waals surface area contributed by atoms with Crippen molar-refractivity contribution in [1.82, 2.24) is 4.57 Å². The largest absolute Gasteiger partial charge is 0.309 e. The number of aromatic nitrogens is 1. The fourth-order valence-corrected chi connectivity index (χ4v) is 11.4. The summed E-state index contributed by atoms with van der Waals surface area (Å²) in [7, 11) is 0. The maximum absolute atomic E-state index is 5.57. The first-order valence-electron chi connectivity index (χ1n) is 20.6. The van der Waals surface area contributed by atoms with Gasteiger partial charge in [0.25, 0.3) is 0 Å². The topological polar surface area (TPSA) is 17.3 Å². The third kappa shape index (κ3) is 5.08. The third-order valence-electron chi connectivity index (χ3n) is 13.2. The maximum atomic E-state index is 5.57. The van der Waals surface area contributed by atoms with Crippen LogP contribution in [0.1, 0.15) is 48.1 Å². The van der Waals surface area contributed by atoms with E-state index in [1.54, 1.807) is 0 Å². The lowest BCUT2D eigenvalue weighted by Gasteiger charge is -2.32. The molecule has 280 valence electrons. The molecule has 0 amide bonds. The van der Waals surface area contributed by atoms with Crippen LogP contribution in [0.15, 0.2) is 199 Å². The molecule has 2 aliphatic rings. The number of hydrogen-bond acceptors (Lipinski definition) is 2. The lowest BCUT2D eigenvalue weighted by atomic mass is 9.73. The molecule has 1 aliphatic heterocycles. The summed E-state index contributed by atoms with van der Waals surface area (Å²) >= 11 is 1.88. The predicted octanol–water partition coefficient (Wildman–Crippen LogP) is 14.8. The van der Waals surface area contributed by atoms with Gasteiger partial charge in [-0.2, -0.15) is 0 Å². The molecule has 59 heavy (non-hydrogen) atoms. The second-order valence-corrected chi connectivity index (χ2v) is 17.6. The minimum atomic E-state index is -0.399. The Morgan fingerprint density at radius 1 is 0.508 bits per heavy atom. The van der Waals surface area contributed by atoms with Crippen LogP contribution in [0.4, 0.5) is 0 Å². The number of fused-ring (bicyclic) bond motifs is 9. The number of aliphatic imine (C=N–C) groups is 1. The Labute approximate surface area is 348 Å². The third-order valence-corrected chi connectivity index (χ3v) is 14.4. The normalized spacial score (nSPS) is 16.8. The van der Waals surface area contributed by atoms with Crippen molar-refractivity contribution in [2.24, 2.45) is 4.99 Å². The summed E-state index contributed by atoms with van der Waals surface area (Å²) < 4.78 is 5.02. The van der Waals surface area contributed by atoms with Gasteiger partial charge in [-0.05, 0) is 107 Å². The highest BCUT2D eigenvalue weighted by molar-refractivity contribution is 7.26. The molecule has 1 aliphatic carbocycles. The summed E-state index contributed by atoms with van der Waals surface area (Å²) in [6.07, 6.45) is 5.37. The Balaban J connectivity index is 0.919. The molecule has 0 radical (unpaired) electrons. The highest BCUT2D eigenvalue weighted by Crippen LogP contribution is 2.53. The van der Waals surface area contributed by atoms with Gasteiger partial charge < -0.3 is 4.57 Å². The molecule has 0 fully saturated rings. The smallest absolute Gasteiger partial charge is 0.0870 e. The van der Waals surface area contributed by atoms with Gasteiger partial charge in [-0.1, -0.05) is 152 Å². The molecule has 0 saturated heterocycles. The van der Waals surface area contributed by atoms with Crippen molar-refractivity contribution < 1.29 is 0 Å². The van der Waals surface area contributed by atoms with E-state index in [4.69, 9.17) is 4.99 Å². The van der Waals surface area contributed by atoms with Gasteiger partial charge in [0.1, 0.15) is 0 Å². The van der Waals surface area contributed by atoms with E-state index in [0.717, 1.165) is 17.7 Å². The molecule has 0 saturated carbocycles. The summed E-state index contributed by atoms with van der Waals surface area (Å²) in [6.45, 7) is 4.69. The van der Waals surface area contributed by atoms with Gasteiger partial charge >= 0.3 is 0 Å². The number of rotatable bonds is 5. The van der Waals surface area contributed by atoms with Gasteiger partial charge in [0.05, 0.1) is 22.3 Å². The molecule has 3 heteroatoms. The molecular formula is C56H40N2S. The fourth-order valence-electron chi connectivity index (χ4n) is 10.2. The van der Waals surface area contributed by atoms with E-state index >= 15 is 0 Å². The van der Waals surface area contributed by atoms with Crippen LogP contribution in [0.2, 0.25) is 0 Å². The summed E-state index contributed by atoms with van der Waals surface area (Å²) in [5.74, 6) is 0. The van der Waals surface area contributed by atoms with Crippen LogP contribution in [-0.2, 0) is 11.0 Å². The Hall–Kier alpha value is -6.81. The highest BCUT2D eigenvalue weighted by atomic mass is 32.1. The first kappa shape index (κ1) is 34.3. The van der Waals surface area contributed by atoms with Crippen LogP contribution in [0.5, 0.6) is 0 Å². The van der Waals surface area contributed by atoms with Crippen LogP contribution in [0, 0.1) is 0 Å². The zero-order valence-electron chi connectivity index (χ0n) is 33.0. The summed E-state index contributed by atoms with van der Waals surface area (Å²) in [6, 6.07) is 67.3. The van der Waals surface area contributed by atoms with Crippen molar-refractivity contribution in [2.45, 2.75) is 31.2 Å². The second-order valence-electron chi connectivity index (χ2n) is 16.6. The fraction of sp³-hybridized carbons (Fsp3) is 0.0893. The Kier molecular flexibility index (Phi) is 7.46. The molecule has 2 nitrogen and oxygen atoms in total. The van der Waals surface area contributed by atoms with Crippen LogP contribution in [-0.4, -0.2) is 10.3 Å². The minimum Gasteiger partial charge on any atom is -0.309 e. The number of para-hydroxylation sites is 2. The van der Waals surface area contributed by atoms with Crippen molar-refractivity contribution in [3.05, 3.63) is 222 Å². The van der Waals surface area contributed by atoms with E-state index in [2.05, 4.69) is 213 Å². The lowest BCUT2D eigenvalue weighted by Crippen LogP contribution is -2.26. The molecule has 0 N–H and O–H groups in total. The predicted molar refractivity (Wildman–Crippen MR) is 251 cm³/mol. The molecule has 1 atom stereocenters. The standard InChI is InChI=1S/C56H40N2S/c1-55(38-17-12-18-39(34-38)56(2)48-25-7-3-19-42(48)43-20-4-8-26-49(43)56)32-14-27-50(57-55)37-16-11-15-36(33-37)41-23-13-24-46-47-35-40(30-31-53(47)59-54(41)46)58-51-28-9-5-21-44(51)45-22-6-10-29-52(45)58/h3-31,33-35H,32H2,1-2H3. The zero-order chi connectivity index (χ0) is 39.3. The second kappa shape index (κ2) is 12.8. The van der Waals surface area contributed by atoms with Gasteiger partial charge in [-0.15, -0.1) is 11.3 Å². The van der Waals surface area contributed by atoms with Gasteiger partial charge in [-0.25, -0.2) is 0 Å². The minimum absolute atomic E-state index is 0.245. The molecule has 8 aromatic carbocycles. The number of hydrogen-bond donors (Lipinski definition) is 0. The average Bonchev–Trinajstić information content (AvgIpc) is 3.93. The zero-order valence-corrected chi connectivity index (χ0v) is 33.8. The van der Waals surface area contributed by atoms with Crippen molar-refractivity contribution in [3.63, 3.8) is 0 Å². The van der Waals surface area contributed by atoms with Gasteiger partial charge in [0.15, 0.2) is 0 Å². The quantitative estimate of drug-likeness (QED) is 0.166. The van der Waals surface area contributed by atoms with Gasteiger partial charge in [0.2, 0.25) is 0 Å². The van der Waals surface area contributed by atoms with E-state index in [-0.39, 0.29) is 5.41 Å². The Bertz CT molecular complexity index is 3310. The van der Waals surface area contributed by atoms with E-state index in [0.29, 0.717) is 0 Å². The summed E-state index contributed by atoms with van der Waals surface area (Å²) in [4.78, 5) is 5.57. The molecule has 0 bridgehead atoms. The molecule has 12 rings (SSSR count). The monoisotopic (exact) mass is 772 g/mol. The number of thiophene rings is 1. The number of allylic oxidation sites excluding steroid dienone is 1. The van der Waals surface area contributed by atoms with Crippen molar-refractivity contribution in [2.75, 3.05) is 0 Å².